The number of methoxy groups -OCH3 is 1. The van der Waals surface area contributed by atoms with E-state index in [4.69, 9.17) is 27.9 Å². The predicted molar refractivity (Wildman–Crippen MR) is 99.4 cm³/mol. The number of thioether (sulfide) groups is 1. The molecule has 0 atom stereocenters. The maximum atomic E-state index is 12.4. The van der Waals surface area contributed by atoms with Crippen LogP contribution in [0.4, 0.5) is 0 Å². The van der Waals surface area contributed by atoms with E-state index in [0.29, 0.717) is 20.8 Å². The molecule has 8 heteroatoms. The molecule has 128 valence electrons. The number of Topliss-reactive ketones (excluding diaryl/α,β-unsaturated/α-hetero) is 1. The van der Waals surface area contributed by atoms with Crippen molar-refractivity contribution in [3.05, 3.63) is 64.4 Å². The minimum absolute atomic E-state index is 0.105. The molecule has 25 heavy (non-hydrogen) atoms. The normalized spacial score (nSPS) is 10.7. The van der Waals surface area contributed by atoms with Gasteiger partial charge in [-0.2, -0.15) is 0 Å². The van der Waals surface area contributed by atoms with Crippen molar-refractivity contribution in [3.63, 3.8) is 0 Å². The molecule has 0 aliphatic rings. The van der Waals surface area contributed by atoms with E-state index in [1.807, 2.05) is 24.3 Å². The Morgan fingerprint density at radius 3 is 2.84 bits per heavy atom. The predicted octanol–water partition coefficient (Wildman–Crippen LogP) is 4.56. The number of carbonyl (C=O) groups is 1. The first kappa shape index (κ1) is 17.8. The fourth-order valence-corrected chi connectivity index (χ4v) is 3.51. The van der Waals surface area contributed by atoms with Crippen LogP contribution >= 0.6 is 35.0 Å². The summed E-state index contributed by atoms with van der Waals surface area (Å²) in [7, 11) is 1.61. The summed E-state index contributed by atoms with van der Waals surface area (Å²) in [5, 5.41) is 9.45. The van der Waals surface area contributed by atoms with Crippen molar-refractivity contribution in [2.75, 3.05) is 12.9 Å². The molecule has 0 N–H and O–H groups in total. The van der Waals surface area contributed by atoms with E-state index in [-0.39, 0.29) is 11.5 Å². The van der Waals surface area contributed by atoms with Crippen molar-refractivity contribution in [2.24, 2.45) is 0 Å². The molecule has 0 aliphatic heterocycles. The highest BCUT2D eigenvalue weighted by atomic mass is 35.5. The van der Waals surface area contributed by atoms with E-state index in [1.165, 1.54) is 11.8 Å². The highest BCUT2D eigenvalue weighted by Gasteiger charge is 2.14. The number of benzene rings is 2. The molecule has 0 unspecified atom stereocenters. The number of halogens is 2. The Morgan fingerprint density at radius 2 is 2.08 bits per heavy atom. The smallest absolute Gasteiger partial charge is 0.196 e. The summed E-state index contributed by atoms with van der Waals surface area (Å²) in [6, 6.07) is 12.3. The molecule has 2 aromatic carbocycles. The van der Waals surface area contributed by atoms with Gasteiger partial charge in [0.05, 0.1) is 23.6 Å². The summed E-state index contributed by atoms with van der Waals surface area (Å²) in [6.45, 7) is 0. The Morgan fingerprint density at radius 1 is 1.24 bits per heavy atom. The van der Waals surface area contributed by atoms with Gasteiger partial charge >= 0.3 is 0 Å². The van der Waals surface area contributed by atoms with Gasteiger partial charge in [-0.1, -0.05) is 41.0 Å². The van der Waals surface area contributed by atoms with Crippen LogP contribution in [0.25, 0.3) is 5.69 Å². The van der Waals surface area contributed by atoms with Crippen molar-refractivity contribution in [2.45, 2.75) is 5.16 Å². The lowest BCUT2D eigenvalue weighted by Crippen LogP contribution is -2.05. The highest BCUT2D eigenvalue weighted by Crippen LogP contribution is 2.26. The Bertz CT molecular complexity index is 914. The number of aromatic nitrogens is 3. The Hall–Kier alpha value is -2.02. The van der Waals surface area contributed by atoms with E-state index >= 15 is 0 Å². The molecule has 3 aromatic rings. The maximum absolute atomic E-state index is 12.4. The van der Waals surface area contributed by atoms with Gasteiger partial charge in [-0.3, -0.25) is 9.36 Å². The number of hydrogen-bond acceptors (Lipinski definition) is 5. The molecule has 0 saturated heterocycles. The molecule has 0 spiro atoms. The van der Waals surface area contributed by atoms with E-state index in [0.717, 1.165) is 11.4 Å². The summed E-state index contributed by atoms with van der Waals surface area (Å²) < 4.78 is 7.03. The van der Waals surface area contributed by atoms with Crippen LogP contribution in [0, 0.1) is 0 Å². The molecule has 0 fully saturated rings. The first-order chi connectivity index (χ1) is 12.1. The number of rotatable bonds is 6. The van der Waals surface area contributed by atoms with Gasteiger partial charge < -0.3 is 4.74 Å². The molecule has 3 rings (SSSR count). The van der Waals surface area contributed by atoms with Gasteiger partial charge in [0, 0.05) is 16.7 Å². The molecular weight excluding hydrogens is 381 g/mol. The molecule has 0 radical (unpaired) electrons. The number of hydrogen-bond donors (Lipinski definition) is 0. The summed E-state index contributed by atoms with van der Waals surface area (Å²) >= 11 is 13.2. The Labute approximate surface area is 158 Å². The zero-order valence-electron chi connectivity index (χ0n) is 13.1. The second-order valence-corrected chi connectivity index (χ2v) is 6.81. The number of ketones is 1. The third kappa shape index (κ3) is 4.15. The molecule has 1 aromatic heterocycles. The van der Waals surface area contributed by atoms with Gasteiger partial charge in [-0.15, -0.1) is 10.2 Å². The number of ether oxygens (including phenoxy) is 1. The van der Waals surface area contributed by atoms with Gasteiger partial charge in [0.25, 0.3) is 0 Å². The van der Waals surface area contributed by atoms with Crippen LogP contribution in [0.1, 0.15) is 10.4 Å². The summed E-state index contributed by atoms with van der Waals surface area (Å²) in [5.41, 5.74) is 1.29. The monoisotopic (exact) mass is 393 g/mol. The average Bonchev–Trinajstić information content (AvgIpc) is 3.08. The fraction of sp³-hybridized carbons (Fsp3) is 0.118. The average molecular weight is 394 g/mol. The van der Waals surface area contributed by atoms with Crippen molar-refractivity contribution < 1.29 is 9.53 Å². The van der Waals surface area contributed by atoms with Crippen LogP contribution in [-0.4, -0.2) is 33.4 Å². The van der Waals surface area contributed by atoms with Crippen LogP contribution in [0.2, 0.25) is 10.0 Å². The van der Waals surface area contributed by atoms with E-state index in [2.05, 4.69) is 10.2 Å². The molecular formula is C17H13Cl2N3O2S. The topological polar surface area (TPSA) is 57.0 Å². The van der Waals surface area contributed by atoms with Crippen molar-refractivity contribution in [1.29, 1.82) is 0 Å². The lowest BCUT2D eigenvalue weighted by molar-refractivity contribution is 0.102. The van der Waals surface area contributed by atoms with E-state index in [9.17, 15) is 4.79 Å². The molecule has 1 heterocycles. The third-order valence-electron chi connectivity index (χ3n) is 3.41. The van der Waals surface area contributed by atoms with E-state index < -0.39 is 0 Å². The quantitative estimate of drug-likeness (QED) is 0.453. The van der Waals surface area contributed by atoms with Crippen LogP contribution in [0.15, 0.2) is 53.9 Å². The highest BCUT2D eigenvalue weighted by molar-refractivity contribution is 7.99. The van der Waals surface area contributed by atoms with Crippen molar-refractivity contribution in [3.8, 4) is 11.4 Å². The maximum Gasteiger partial charge on any atom is 0.196 e. The third-order valence-corrected chi connectivity index (χ3v) is 4.90. The van der Waals surface area contributed by atoms with Gasteiger partial charge in [0.1, 0.15) is 12.1 Å². The first-order valence-electron chi connectivity index (χ1n) is 7.24. The lowest BCUT2D eigenvalue weighted by atomic mass is 10.1. The Balaban J connectivity index is 1.76. The summed E-state index contributed by atoms with van der Waals surface area (Å²) in [4.78, 5) is 12.4. The molecule has 0 saturated carbocycles. The minimum Gasteiger partial charge on any atom is -0.497 e. The minimum atomic E-state index is -0.105. The molecule has 0 amide bonds. The van der Waals surface area contributed by atoms with Crippen LogP contribution in [0.3, 0.4) is 0 Å². The van der Waals surface area contributed by atoms with Crippen molar-refractivity contribution in [1.82, 2.24) is 14.8 Å². The molecule has 0 aliphatic carbocycles. The zero-order chi connectivity index (χ0) is 17.8. The van der Waals surface area contributed by atoms with Crippen molar-refractivity contribution >= 4 is 40.7 Å². The second-order valence-electron chi connectivity index (χ2n) is 5.02. The first-order valence-corrected chi connectivity index (χ1v) is 8.98. The molecule has 0 bridgehead atoms. The van der Waals surface area contributed by atoms with Gasteiger partial charge in [0.15, 0.2) is 10.9 Å². The van der Waals surface area contributed by atoms with E-state index in [1.54, 1.807) is 36.2 Å². The lowest BCUT2D eigenvalue weighted by Gasteiger charge is -2.08. The number of carbonyl (C=O) groups excluding carboxylic acids is 1. The fourth-order valence-electron chi connectivity index (χ4n) is 2.18. The SMILES string of the molecule is COc1cccc(-n2cnnc2SCC(=O)c2ccc(Cl)cc2Cl)c1. The van der Waals surface area contributed by atoms with Crippen LogP contribution in [0.5, 0.6) is 5.75 Å². The van der Waals surface area contributed by atoms with Crippen LogP contribution < -0.4 is 4.74 Å². The van der Waals surface area contributed by atoms with Gasteiger partial charge in [-0.05, 0) is 30.3 Å². The Kier molecular flexibility index (Phi) is 5.63. The molecule has 5 nitrogen and oxygen atoms in total. The van der Waals surface area contributed by atoms with Gasteiger partial charge in [-0.25, -0.2) is 0 Å². The zero-order valence-corrected chi connectivity index (χ0v) is 15.5. The van der Waals surface area contributed by atoms with Crippen LogP contribution in [-0.2, 0) is 0 Å². The standard InChI is InChI=1S/C17H13Cl2N3O2S/c1-24-13-4-2-3-12(8-13)22-10-20-21-17(22)25-9-16(23)14-6-5-11(18)7-15(14)19/h2-8,10H,9H2,1H3. The largest absolute Gasteiger partial charge is 0.497 e. The summed E-state index contributed by atoms with van der Waals surface area (Å²) in [6.07, 6.45) is 1.59. The summed E-state index contributed by atoms with van der Waals surface area (Å²) in [5.74, 6) is 0.808. The second kappa shape index (κ2) is 7.91. The number of nitrogens with zero attached hydrogens (tertiary/aromatic N) is 3. The van der Waals surface area contributed by atoms with Gasteiger partial charge in [0.2, 0.25) is 0 Å².